The van der Waals surface area contributed by atoms with E-state index in [1.165, 1.54) is 6.07 Å². The molecule has 0 saturated carbocycles. The number of nitro benzene ring substituents is 1. The van der Waals surface area contributed by atoms with Crippen molar-refractivity contribution < 1.29 is 9.72 Å². The summed E-state index contributed by atoms with van der Waals surface area (Å²) in [6.07, 6.45) is 0. The Hall–Kier alpha value is -3.07. The minimum Gasteiger partial charge on any atom is -0.376 e. The fourth-order valence-electron chi connectivity index (χ4n) is 2.50. The fraction of sp³-hybridized carbons (Fsp3) is 0.188. The molecule has 0 fully saturated rings. The molecule has 1 amide bonds. The number of amides is 1. The number of carbonyl (C=O) groups excluding carboxylic acids is 1. The SMILES string of the molecule is Cc1cc(C)c([N+](=O)[O-])cc1NCC(=O)Nc1cccc2c1N=S=N2. The van der Waals surface area contributed by atoms with Crippen LogP contribution in [0.5, 0.6) is 0 Å². The number of fused-ring (bicyclic) bond motifs is 1. The number of carbonyl (C=O) groups is 1. The summed E-state index contributed by atoms with van der Waals surface area (Å²) in [5.41, 5.74) is 3.95. The summed E-state index contributed by atoms with van der Waals surface area (Å²) >= 11 is 1.08. The second-order valence-electron chi connectivity index (χ2n) is 5.55. The molecule has 0 saturated heterocycles. The number of hydrogen-bond acceptors (Lipinski definition) is 6. The minimum atomic E-state index is -0.435. The van der Waals surface area contributed by atoms with Crippen LogP contribution in [0, 0.1) is 24.0 Å². The molecule has 0 atom stereocenters. The minimum absolute atomic E-state index is 0.0188. The van der Waals surface area contributed by atoms with Gasteiger partial charge in [0, 0.05) is 17.3 Å². The molecule has 0 radical (unpaired) electrons. The van der Waals surface area contributed by atoms with Crippen molar-refractivity contribution in [1.29, 1.82) is 0 Å². The lowest BCUT2D eigenvalue weighted by Crippen LogP contribution is -2.22. The zero-order valence-corrected chi connectivity index (χ0v) is 14.4. The van der Waals surface area contributed by atoms with E-state index in [1.54, 1.807) is 25.1 Å². The highest BCUT2D eigenvalue weighted by Gasteiger charge is 2.15. The van der Waals surface area contributed by atoms with Gasteiger partial charge in [-0.25, -0.2) is 0 Å². The highest BCUT2D eigenvalue weighted by atomic mass is 32.1. The van der Waals surface area contributed by atoms with Crippen LogP contribution in [0.15, 0.2) is 39.1 Å². The zero-order chi connectivity index (χ0) is 18.0. The number of hydrogen-bond donors (Lipinski definition) is 2. The molecule has 2 aromatic rings. The van der Waals surface area contributed by atoms with Gasteiger partial charge in [-0.15, -0.1) is 0 Å². The standard InChI is InChI=1S/C16H15N5O3S/c1-9-6-10(2)14(21(23)24)7-13(9)17-8-15(22)18-11-4-3-5-12-16(11)20-25-19-12/h3-7,17H,8H2,1-2H3,(H,18,22). The van der Waals surface area contributed by atoms with Gasteiger partial charge in [0.1, 0.15) is 11.4 Å². The van der Waals surface area contributed by atoms with Gasteiger partial charge in [0.25, 0.3) is 5.69 Å². The Kier molecular flexibility index (Phi) is 4.57. The van der Waals surface area contributed by atoms with Crippen LogP contribution in [-0.4, -0.2) is 17.4 Å². The molecule has 0 unspecified atom stereocenters. The summed E-state index contributed by atoms with van der Waals surface area (Å²) in [6.45, 7) is 3.50. The van der Waals surface area contributed by atoms with Crippen molar-refractivity contribution in [3.05, 3.63) is 51.6 Å². The monoisotopic (exact) mass is 357 g/mol. The van der Waals surface area contributed by atoms with Crippen molar-refractivity contribution >= 4 is 45.7 Å². The molecule has 128 valence electrons. The smallest absolute Gasteiger partial charge is 0.274 e. The predicted octanol–water partition coefficient (Wildman–Crippen LogP) is 3.99. The maximum absolute atomic E-state index is 12.2. The van der Waals surface area contributed by atoms with Crippen LogP contribution < -0.4 is 10.6 Å². The Labute approximate surface area is 147 Å². The second-order valence-corrected chi connectivity index (χ2v) is 6.08. The zero-order valence-electron chi connectivity index (χ0n) is 13.6. The first-order chi connectivity index (χ1) is 12.0. The molecule has 8 nitrogen and oxygen atoms in total. The van der Waals surface area contributed by atoms with Crippen LogP contribution in [0.4, 0.5) is 28.4 Å². The van der Waals surface area contributed by atoms with E-state index in [2.05, 4.69) is 19.4 Å². The number of nitro groups is 1. The van der Waals surface area contributed by atoms with Crippen molar-refractivity contribution in [2.45, 2.75) is 13.8 Å². The van der Waals surface area contributed by atoms with E-state index in [1.807, 2.05) is 13.0 Å². The highest BCUT2D eigenvalue weighted by molar-refractivity contribution is 7.58. The molecule has 25 heavy (non-hydrogen) atoms. The van der Waals surface area contributed by atoms with Gasteiger partial charge in [-0.1, -0.05) is 6.07 Å². The van der Waals surface area contributed by atoms with Crippen molar-refractivity contribution in [2.24, 2.45) is 8.73 Å². The van der Waals surface area contributed by atoms with Crippen LogP contribution in [-0.2, 0) is 16.1 Å². The summed E-state index contributed by atoms with van der Waals surface area (Å²) in [5.74, 6) is -0.275. The van der Waals surface area contributed by atoms with Crippen molar-refractivity contribution in [1.82, 2.24) is 0 Å². The summed E-state index contributed by atoms with van der Waals surface area (Å²) < 4.78 is 8.29. The van der Waals surface area contributed by atoms with Crippen LogP contribution in [0.3, 0.4) is 0 Å². The maximum atomic E-state index is 12.2. The molecular formula is C16H15N5O3S. The third-order valence-electron chi connectivity index (χ3n) is 3.74. The first kappa shape index (κ1) is 16.8. The molecule has 0 aliphatic carbocycles. The second kappa shape index (κ2) is 6.81. The van der Waals surface area contributed by atoms with Gasteiger partial charge < -0.3 is 10.6 Å². The van der Waals surface area contributed by atoms with Crippen molar-refractivity contribution in [3.8, 4) is 0 Å². The number of nitrogens with one attached hydrogen (secondary N) is 2. The summed E-state index contributed by atoms with van der Waals surface area (Å²) in [4.78, 5) is 22.8. The maximum Gasteiger partial charge on any atom is 0.274 e. The van der Waals surface area contributed by atoms with Crippen molar-refractivity contribution in [3.63, 3.8) is 0 Å². The van der Waals surface area contributed by atoms with Gasteiger partial charge in [0.15, 0.2) is 0 Å². The van der Waals surface area contributed by atoms with E-state index in [0.717, 1.165) is 22.6 Å². The molecule has 9 heteroatoms. The Morgan fingerprint density at radius 1 is 1.20 bits per heavy atom. The van der Waals surface area contributed by atoms with E-state index in [9.17, 15) is 14.9 Å². The Morgan fingerprint density at radius 2 is 2.00 bits per heavy atom. The van der Waals surface area contributed by atoms with Crippen LogP contribution >= 0.6 is 0 Å². The van der Waals surface area contributed by atoms with Gasteiger partial charge in [-0.3, -0.25) is 14.9 Å². The molecule has 3 rings (SSSR count). The molecule has 1 heterocycles. The lowest BCUT2D eigenvalue weighted by atomic mass is 10.1. The topological polar surface area (TPSA) is 109 Å². The van der Waals surface area contributed by atoms with E-state index in [0.29, 0.717) is 22.6 Å². The molecule has 2 N–H and O–H groups in total. The van der Waals surface area contributed by atoms with Crippen LogP contribution in [0.25, 0.3) is 0 Å². The number of nitrogens with zero attached hydrogens (tertiary/aromatic N) is 3. The third kappa shape index (κ3) is 3.56. The summed E-state index contributed by atoms with van der Waals surface area (Å²) in [5, 5.41) is 16.8. The lowest BCUT2D eigenvalue weighted by Gasteiger charge is -2.12. The average Bonchev–Trinajstić information content (AvgIpc) is 3.03. The molecule has 0 bridgehead atoms. The van der Waals surface area contributed by atoms with Gasteiger partial charge >= 0.3 is 0 Å². The fourth-order valence-corrected chi connectivity index (χ4v) is 3.05. The van der Waals surface area contributed by atoms with Gasteiger partial charge in [-0.05, 0) is 37.6 Å². The van der Waals surface area contributed by atoms with Crippen LogP contribution in [0.1, 0.15) is 11.1 Å². The normalized spacial score (nSPS) is 11.6. The molecule has 1 aliphatic rings. The molecule has 0 aromatic heterocycles. The van der Waals surface area contributed by atoms with E-state index in [-0.39, 0.29) is 18.1 Å². The Bertz CT molecular complexity index is 951. The van der Waals surface area contributed by atoms with Gasteiger partial charge in [0.2, 0.25) is 5.91 Å². The summed E-state index contributed by atoms with van der Waals surface area (Å²) in [6, 6.07) is 8.54. The lowest BCUT2D eigenvalue weighted by molar-refractivity contribution is -0.385. The molecule has 0 spiro atoms. The predicted molar refractivity (Wildman–Crippen MR) is 97.7 cm³/mol. The number of anilines is 2. The van der Waals surface area contributed by atoms with Crippen molar-refractivity contribution in [2.75, 3.05) is 17.2 Å². The van der Waals surface area contributed by atoms with Gasteiger partial charge in [0.05, 0.1) is 28.5 Å². The Balaban J connectivity index is 1.69. The quantitative estimate of drug-likeness (QED) is 0.531. The first-order valence-electron chi connectivity index (χ1n) is 7.46. The average molecular weight is 357 g/mol. The number of rotatable bonds is 5. The van der Waals surface area contributed by atoms with E-state index < -0.39 is 4.92 Å². The first-order valence-corrected chi connectivity index (χ1v) is 8.19. The van der Waals surface area contributed by atoms with Gasteiger partial charge in [-0.2, -0.15) is 8.73 Å². The van der Waals surface area contributed by atoms with E-state index in [4.69, 9.17) is 0 Å². The Morgan fingerprint density at radius 3 is 2.76 bits per heavy atom. The molecule has 2 aromatic carbocycles. The third-order valence-corrected chi connectivity index (χ3v) is 4.28. The van der Waals surface area contributed by atoms with Crippen LogP contribution in [0.2, 0.25) is 0 Å². The van der Waals surface area contributed by atoms with E-state index >= 15 is 0 Å². The highest BCUT2D eigenvalue weighted by Crippen LogP contribution is 2.38. The number of benzene rings is 2. The molecule has 1 aliphatic heterocycles. The summed E-state index contributed by atoms with van der Waals surface area (Å²) in [7, 11) is 0. The molecular weight excluding hydrogens is 342 g/mol. The largest absolute Gasteiger partial charge is 0.376 e. The number of aryl methyl sites for hydroxylation is 2.